The first-order valence-electron chi connectivity index (χ1n) is 9.04. The highest BCUT2D eigenvalue weighted by Crippen LogP contribution is 2.78. The van der Waals surface area contributed by atoms with E-state index in [9.17, 15) is 0 Å². The molecule has 0 saturated heterocycles. The van der Waals surface area contributed by atoms with Crippen LogP contribution in [0.15, 0.2) is 0 Å². The Kier molecular flexibility index (Phi) is 3.68. The lowest BCUT2D eigenvalue weighted by atomic mass is 9.40. The van der Waals surface area contributed by atoms with Crippen molar-refractivity contribution in [2.75, 3.05) is 0 Å². The van der Waals surface area contributed by atoms with Crippen molar-refractivity contribution < 1.29 is 0 Å². The zero-order valence-electron chi connectivity index (χ0n) is 15.6. The predicted molar refractivity (Wildman–Crippen MR) is 89.7 cm³/mol. The minimum atomic E-state index is 0.467. The molecule has 5 atom stereocenters. The molecule has 2 aliphatic carbocycles. The van der Waals surface area contributed by atoms with Gasteiger partial charge in [0, 0.05) is 0 Å². The fourth-order valence-corrected chi connectivity index (χ4v) is 7.18. The van der Waals surface area contributed by atoms with E-state index in [0.717, 1.165) is 17.8 Å². The van der Waals surface area contributed by atoms with Gasteiger partial charge in [-0.3, -0.25) is 0 Å². The number of hydrogen-bond acceptors (Lipinski definition) is 0. The van der Waals surface area contributed by atoms with Crippen LogP contribution in [0.2, 0.25) is 0 Å². The summed E-state index contributed by atoms with van der Waals surface area (Å²) in [7, 11) is 0. The summed E-state index contributed by atoms with van der Waals surface area (Å²) in [4.78, 5) is 0. The average Bonchev–Trinajstić information content (AvgIpc) is 2.58. The Labute approximate surface area is 128 Å². The average molecular weight is 279 g/mol. The van der Waals surface area contributed by atoms with Crippen LogP contribution in [0.5, 0.6) is 0 Å². The Bertz CT molecular complexity index is 373. The second kappa shape index (κ2) is 4.50. The van der Waals surface area contributed by atoms with Gasteiger partial charge in [0.25, 0.3) is 0 Å². The highest BCUT2D eigenvalue weighted by Gasteiger charge is 2.71. The molecule has 5 unspecified atom stereocenters. The molecule has 0 radical (unpaired) electrons. The monoisotopic (exact) mass is 278 g/mol. The van der Waals surface area contributed by atoms with Crippen LogP contribution in [0.1, 0.15) is 88.0 Å². The van der Waals surface area contributed by atoms with Crippen molar-refractivity contribution in [1.29, 1.82) is 0 Å². The highest BCUT2D eigenvalue weighted by atomic mass is 14.8. The van der Waals surface area contributed by atoms with Crippen molar-refractivity contribution in [3.05, 3.63) is 0 Å². The van der Waals surface area contributed by atoms with Gasteiger partial charge < -0.3 is 0 Å². The fraction of sp³-hybridized carbons (Fsp3) is 1.00. The lowest BCUT2D eigenvalue weighted by molar-refractivity contribution is -0.159. The molecule has 2 rings (SSSR count). The van der Waals surface area contributed by atoms with E-state index in [1.54, 1.807) is 0 Å². The Morgan fingerprint density at radius 3 is 1.90 bits per heavy atom. The van der Waals surface area contributed by atoms with Crippen LogP contribution in [0.3, 0.4) is 0 Å². The smallest absolute Gasteiger partial charge is 0.0180 e. The Morgan fingerprint density at radius 2 is 1.50 bits per heavy atom. The Balaban J connectivity index is 2.71. The molecule has 2 bridgehead atoms. The van der Waals surface area contributed by atoms with E-state index in [0.29, 0.717) is 21.7 Å². The molecule has 0 aromatic rings. The summed E-state index contributed by atoms with van der Waals surface area (Å²) in [5, 5.41) is 0. The van der Waals surface area contributed by atoms with Crippen molar-refractivity contribution in [2.24, 2.45) is 39.4 Å². The highest BCUT2D eigenvalue weighted by molar-refractivity contribution is 5.20. The van der Waals surface area contributed by atoms with Crippen molar-refractivity contribution in [3.63, 3.8) is 0 Å². The van der Waals surface area contributed by atoms with Gasteiger partial charge in [-0.15, -0.1) is 0 Å². The number of rotatable bonds is 3. The molecule has 0 N–H and O–H groups in total. The van der Waals surface area contributed by atoms with Gasteiger partial charge in [-0.25, -0.2) is 0 Å². The summed E-state index contributed by atoms with van der Waals surface area (Å²) in [6.07, 6.45) is 5.60. The summed E-state index contributed by atoms with van der Waals surface area (Å²) in [6.45, 7) is 22.9. The van der Waals surface area contributed by atoms with Gasteiger partial charge >= 0.3 is 0 Å². The summed E-state index contributed by atoms with van der Waals surface area (Å²) in [5.74, 6) is 2.59. The first kappa shape index (κ1) is 16.4. The lowest BCUT2D eigenvalue weighted by Crippen LogP contribution is -2.57. The summed E-state index contributed by atoms with van der Waals surface area (Å²) < 4.78 is 0. The molecule has 2 saturated carbocycles. The van der Waals surface area contributed by atoms with E-state index >= 15 is 0 Å². The Morgan fingerprint density at radius 1 is 0.950 bits per heavy atom. The van der Waals surface area contributed by atoms with Gasteiger partial charge in [-0.2, -0.15) is 0 Å². The van der Waals surface area contributed by atoms with Gasteiger partial charge in [-0.1, -0.05) is 62.3 Å². The minimum Gasteiger partial charge on any atom is -0.0648 e. The maximum atomic E-state index is 2.64. The normalized spacial score (nSPS) is 50.7. The molecular weight excluding hydrogens is 240 g/mol. The van der Waals surface area contributed by atoms with Crippen molar-refractivity contribution in [1.82, 2.24) is 0 Å². The van der Waals surface area contributed by atoms with Crippen LogP contribution >= 0.6 is 0 Å². The molecule has 0 heterocycles. The van der Waals surface area contributed by atoms with Gasteiger partial charge in [0.15, 0.2) is 0 Å². The Hall–Kier alpha value is 0. The van der Waals surface area contributed by atoms with E-state index in [1.165, 1.54) is 25.7 Å². The molecule has 0 aromatic heterocycles. The number of hydrogen-bond donors (Lipinski definition) is 0. The molecule has 20 heavy (non-hydrogen) atoms. The molecule has 0 aliphatic heterocycles. The van der Waals surface area contributed by atoms with E-state index < -0.39 is 0 Å². The maximum absolute atomic E-state index is 2.64. The van der Waals surface area contributed by atoms with Gasteiger partial charge in [0.05, 0.1) is 0 Å². The van der Waals surface area contributed by atoms with E-state index in [1.807, 2.05) is 0 Å². The van der Waals surface area contributed by atoms with E-state index in [-0.39, 0.29) is 0 Å². The second-order valence-corrected chi connectivity index (χ2v) is 9.40. The van der Waals surface area contributed by atoms with Gasteiger partial charge in [0.2, 0.25) is 0 Å². The lowest BCUT2D eigenvalue weighted by Gasteiger charge is -2.64. The van der Waals surface area contributed by atoms with Crippen LogP contribution in [0.25, 0.3) is 0 Å². The summed E-state index contributed by atoms with van der Waals surface area (Å²) in [6, 6.07) is 0. The third kappa shape index (κ3) is 1.49. The molecule has 118 valence electrons. The molecule has 0 amide bonds. The van der Waals surface area contributed by atoms with Crippen LogP contribution in [-0.2, 0) is 0 Å². The van der Waals surface area contributed by atoms with Crippen molar-refractivity contribution in [2.45, 2.75) is 88.0 Å². The largest absolute Gasteiger partial charge is 0.0648 e. The quantitative estimate of drug-likeness (QED) is 0.549. The first-order valence-corrected chi connectivity index (χ1v) is 9.04. The molecule has 2 aliphatic rings. The molecular formula is C20H38. The van der Waals surface area contributed by atoms with Gasteiger partial charge in [0.1, 0.15) is 0 Å². The van der Waals surface area contributed by atoms with E-state index in [4.69, 9.17) is 0 Å². The maximum Gasteiger partial charge on any atom is -0.0180 e. The van der Waals surface area contributed by atoms with Crippen LogP contribution in [0.4, 0.5) is 0 Å². The minimum absolute atomic E-state index is 0.467. The predicted octanol–water partition coefficient (Wildman–Crippen LogP) is 6.55. The van der Waals surface area contributed by atoms with E-state index in [2.05, 4.69) is 62.3 Å². The van der Waals surface area contributed by atoms with Crippen molar-refractivity contribution >= 4 is 0 Å². The first-order chi connectivity index (χ1) is 9.04. The summed E-state index contributed by atoms with van der Waals surface area (Å²) >= 11 is 0. The summed E-state index contributed by atoms with van der Waals surface area (Å²) in [5.41, 5.74) is 1.95. The standard InChI is InChI=1S/C20H38/c1-10-18(8)17(6,7)12-16-13-20(18,11-2)19(9,14(3)4)15(16)5/h14-16H,10-13H2,1-9H3. The zero-order chi connectivity index (χ0) is 15.6. The van der Waals surface area contributed by atoms with Crippen LogP contribution < -0.4 is 0 Å². The second-order valence-electron chi connectivity index (χ2n) is 9.40. The molecule has 0 spiro atoms. The van der Waals surface area contributed by atoms with Crippen molar-refractivity contribution in [3.8, 4) is 0 Å². The fourth-order valence-electron chi connectivity index (χ4n) is 7.18. The molecule has 0 nitrogen and oxygen atoms in total. The third-order valence-electron chi connectivity index (χ3n) is 9.13. The molecule has 0 heteroatoms. The van der Waals surface area contributed by atoms with Gasteiger partial charge in [-0.05, 0) is 65.1 Å². The topological polar surface area (TPSA) is 0 Å². The SMILES string of the molecule is CCC1(C)C(C)(C)CC2CC1(CC)C(C)(C(C)C)C2C. The zero-order valence-corrected chi connectivity index (χ0v) is 15.6. The molecule has 2 fully saturated rings. The van der Waals surface area contributed by atoms with Crippen LogP contribution in [-0.4, -0.2) is 0 Å². The van der Waals surface area contributed by atoms with Crippen LogP contribution in [0, 0.1) is 39.4 Å². The number of fused-ring (bicyclic) bond motifs is 2. The third-order valence-corrected chi connectivity index (χ3v) is 9.13. The molecule has 0 aromatic carbocycles.